The van der Waals surface area contributed by atoms with Gasteiger partial charge < -0.3 is 20.4 Å². The number of ether oxygens (including phenoxy) is 1. The molecule has 0 bridgehead atoms. The van der Waals surface area contributed by atoms with Crippen molar-refractivity contribution in [2.75, 3.05) is 26.7 Å². The van der Waals surface area contributed by atoms with Crippen LogP contribution < -0.4 is 20.9 Å². The van der Waals surface area contributed by atoms with Crippen molar-refractivity contribution < 1.29 is 4.74 Å². The minimum atomic E-state index is -0.0125. The molecule has 0 saturated carbocycles. The molecule has 1 fully saturated rings. The molecule has 0 atom stereocenters. The molecule has 4 rings (SSSR count). The maximum absolute atomic E-state index is 12.2. The topological polar surface area (TPSA) is 66.2 Å². The van der Waals surface area contributed by atoms with E-state index in [1.165, 1.54) is 29.7 Å². The summed E-state index contributed by atoms with van der Waals surface area (Å²) in [6.45, 7) is 3.09. The quantitative estimate of drug-likeness (QED) is 0.657. The van der Waals surface area contributed by atoms with E-state index in [1.807, 2.05) is 23.6 Å². The van der Waals surface area contributed by atoms with E-state index in [0.717, 1.165) is 52.8 Å². The van der Waals surface area contributed by atoms with Crippen LogP contribution in [0.2, 0.25) is 0 Å². The van der Waals surface area contributed by atoms with Crippen molar-refractivity contribution in [2.24, 2.45) is 0 Å². The van der Waals surface area contributed by atoms with Gasteiger partial charge in [-0.2, -0.15) is 0 Å². The van der Waals surface area contributed by atoms with E-state index >= 15 is 0 Å². The van der Waals surface area contributed by atoms with Crippen molar-refractivity contribution >= 4 is 32.3 Å². The Labute approximate surface area is 150 Å². The van der Waals surface area contributed by atoms with E-state index in [0.29, 0.717) is 6.04 Å². The van der Waals surface area contributed by atoms with Gasteiger partial charge in [0.05, 0.1) is 7.11 Å². The number of benzene rings is 1. The Hall–Kier alpha value is -1.89. The molecular weight excluding hydrogens is 334 g/mol. The largest absolute Gasteiger partial charge is 0.496 e. The minimum absolute atomic E-state index is 0.0125. The Morgan fingerprint density at radius 3 is 2.92 bits per heavy atom. The number of hydrogen-bond acceptors (Lipinski definition) is 5. The van der Waals surface area contributed by atoms with Gasteiger partial charge in [-0.15, -0.1) is 11.3 Å². The fourth-order valence-corrected chi connectivity index (χ4v) is 4.56. The smallest absolute Gasteiger partial charge is 0.266 e. The number of rotatable bonds is 5. The highest BCUT2D eigenvalue weighted by molar-refractivity contribution is 7.17. The van der Waals surface area contributed by atoms with E-state index < -0.39 is 0 Å². The van der Waals surface area contributed by atoms with Crippen molar-refractivity contribution in [1.82, 2.24) is 15.6 Å². The normalized spacial score (nSPS) is 15.9. The zero-order valence-corrected chi connectivity index (χ0v) is 15.2. The number of aromatic nitrogens is 1. The number of fused-ring (bicyclic) bond motifs is 3. The summed E-state index contributed by atoms with van der Waals surface area (Å²) < 4.78 is 6.41. The van der Waals surface area contributed by atoms with Gasteiger partial charge in [0, 0.05) is 27.9 Å². The number of piperidine rings is 1. The van der Waals surface area contributed by atoms with E-state index in [1.54, 1.807) is 7.11 Å². The maximum Gasteiger partial charge on any atom is 0.266 e. The number of nitrogens with one attached hydrogen (secondary N) is 3. The van der Waals surface area contributed by atoms with Crippen molar-refractivity contribution in [2.45, 2.75) is 25.3 Å². The van der Waals surface area contributed by atoms with Gasteiger partial charge in [0.2, 0.25) is 0 Å². The number of methoxy groups -OCH3 is 1. The number of pyridine rings is 1. The highest BCUT2D eigenvalue weighted by Gasteiger charge is 2.16. The molecule has 1 aliphatic heterocycles. The molecular formula is C19H23N3O2S. The summed E-state index contributed by atoms with van der Waals surface area (Å²) in [6, 6.07) is 6.52. The molecule has 3 N–H and O–H groups in total. The molecule has 132 valence electrons. The van der Waals surface area contributed by atoms with Crippen molar-refractivity contribution in [1.29, 1.82) is 0 Å². The molecule has 0 amide bonds. The predicted molar refractivity (Wildman–Crippen MR) is 104 cm³/mol. The van der Waals surface area contributed by atoms with Crippen LogP contribution in [0.15, 0.2) is 28.4 Å². The van der Waals surface area contributed by atoms with E-state index in [9.17, 15) is 4.79 Å². The summed E-state index contributed by atoms with van der Waals surface area (Å²) in [5.74, 6) is 0.888. The molecule has 3 aromatic rings. The number of H-pyrrole nitrogens is 1. The van der Waals surface area contributed by atoms with E-state index in [4.69, 9.17) is 4.74 Å². The zero-order valence-electron chi connectivity index (χ0n) is 14.4. The summed E-state index contributed by atoms with van der Waals surface area (Å²) in [5.41, 5.74) is 2.04. The van der Waals surface area contributed by atoms with Gasteiger partial charge in [0.25, 0.3) is 5.56 Å². The lowest BCUT2D eigenvalue weighted by molar-refractivity contribution is 0.386. The summed E-state index contributed by atoms with van der Waals surface area (Å²) in [4.78, 5) is 15.3. The van der Waals surface area contributed by atoms with Crippen LogP contribution in [0, 0.1) is 0 Å². The first kappa shape index (κ1) is 16.6. The first-order chi connectivity index (χ1) is 12.3. The van der Waals surface area contributed by atoms with Crippen molar-refractivity contribution in [3.05, 3.63) is 39.5 Å². The van der Waals surface area contributed by atoms with Crippen LogP contribution in [-0.2, 0) is 6.42 Å². The van der Waals surface area contributed by atoms with Gasteiger partial charge in [-0.25, -0.2) is 0 Å². The minimum Gasteiger partial charge on any atom is -0.496 e. The Morgan fingerprint density at radius 2 is 2.12 bits per heavy atom. The molecule has 1 saturated heterocycles. The number of thiophene rings is 1. The van der Waals surface area contributed by atoms with Crippen molar-refractivity contribution in [3.63, 3.8) is 0 Å². The summed E-state index contributed by atoms with van der Waals surface area (Å²) in [5, 5.41) is 11.2. The SMILES string of the molecule is COc1ccc2[nH]c(=O)c3sccc3c2c1CCNC1CCNCC1. The molecule has 25 heavy (non-hydrogen) atoms. The highest BCUT2D eigenvalue weighted by Crippen LogP contribution is 2.33. The Balaban J connectivity index is 1.70. The van der Waals surface area contributed by atoms with E-state index in [2.05, 4.69) is 15.6 Å². The molecule has 5 nitrogen and oxygen atoms in total. The van der Waals surface area contributed by atoms with Gasteiger partial charge in [0.15, 0.2) is 0 Å². The third-order valence-corrected chi connectivity index (χ3v) is 5.94. The molecule has 0 radical (unpaired) electrons. The molecule has 0 unspecified atom stereocenters. The summed E-state index contributed by atoms with van der Waals surface area (Å²) >= 11 is 1.49. The Kier molecular flexibility index (Phi) is 4.74. The lowest BCUT2D eigenvalue weighted by Gasteiger charge is -2.24. The molecule has 1 aromatic carbocycles. The maximum atomic E-state index is 12.2. The predicted octanol–water partition coefficient (Wildman–Crippen LogP) is 2.64. The van der Waals surface area contributed by atoms with Gasteiger partial charge in [-0.1, -0.05) is 0 Å². The van der Waals surface area contributed by atoms with Crippen LogP contribution in [0.4, 0.5) is 0 Å². The highest BCUT2D eigenvalue weighted by atomic mass is 32.1. The van der Waals surface area contributed by atoms with E-state index in [-0.39, 0.29) is 5.56 Å². The van der Waals surface area contributed by atoms with Gasteiger partial charge in [-0.05, 0) is 62.5 Å². The number of hydrogen-bond donors (Lipinski definition) is 3. The van der Waals surface area contributed by atoms with Crippen molar-refractivity contribution in [3.8, 4) is 5.75 Å². The molecule has 0 spiro atoms. The van der Waals surface area contributed by atoms with Crippen LogP contribution in [0.3, 0.4) is 0 Å². The first-order valence-electron chi connectivity index (χ1n) is 8.81. The molecule has 2 aromatic heterocycles. The van der Waals surface area contributed by atoms with Gasteiger partial charge in [0.1, 0.15) is 10.4 Å². The molecule has 3 heterocycles. The second-order valence-electron chi connectivity index (χ2n) is 6.51. The number of aromatic amines is 1. The second kappa shape index (κ2) is 7.15. The average Bonchev–Trinajstić information content (AvgIpc) is 3.13. The van der Waals surface area contributed by atoms with Crippen LogP contribution >= 0.6 is 11.3 Å². The van der Waals surface area contributed by atoms with Crippen LogP contribution in [0.25, 0.3) is 21.0 Å². The lowest BCUT2D eigenvalue weighted by atomic mass is 10.0. The fourth-order valence-electron chi connectivity index (χ4n) is 3.77. The Morgan fingerprint density at radius 1 is 1.28 bits per heavy atom. The summed E-state index contributed by atoms with van der Waals surface area (Å²) in [6.07, 6.45) is 3.23. The van der Waals surface area contributed by atoms with Crippen LogP contribution in [0.5, 0.6) is 5.75 Å². The Bertz CT molecular complexity index is 941. The third kappa shape index (κ3) is 3.17. The molecule has 0 aliphatic carbocycles. The van der Waals surface area contributed by atoms with Gasteiger partial charge in [-0.3, -0.25) is 4.79 Å². The van der Waals surface area contributed by atoms with Gasteiger partial charge >= 0.3 is 0 Å². The lowest BCUT2D eigenvalue weighted by Crippen LogP contribution is -2.40. The average molecular weight is 357 g/mol. The monoisotopic (exact) mass is 357 g/mol. The standard InChI is InChI=1S/C19H23N3O2S/c1-24-16-3-2-15-17(14-7-11-25-18(14)19(23)22-15)13(16)6-10-21-12-4-8-20-9-5-12/h2-3,7,11-12,20-21H,4-6,8-10H2,1H3,(H,22,23). The molecule has 1 aliphatic rings. The molecule has 6 heteroatoms. The summed E-state index contributed by atoms with van der Waals surface area (Å²) in [7, 11) is 1.71. The first-order valence-corrected chi connectivity index (χ1v) is 9.69. The van der Waals surface area contributed by atoms with Crippen LogP contribution in [0.1, 0.15) is 18.4 Å². The third-order valence-electron chi connectivity index (χ3n) is 5.03. The zero-order chi connectivity index (χ0) is 17.2. The van der Waals surface area contributed by atoms with Crippen LogP contribution in [-0.4, -0.2) is 37.8 Å². The second-order valence-corrected chi connectivity index (χ2v) is 7.43. The fraction of sp³-hybridized carbons (Fsp3) is 0.421.